The Balaban J connectivity index is 2.54. The first-order valence-corrected chi connectivity index (χ1v) is 7.43. The number of hydrogen-bond donors (Lipinski definition) is 2. The third-order valence-corrected chi connectivity index (χ3v) is 3.27. The van der Waals surface area contributed by atoms with Crippen molar-refractivity contribution in [1.29, 1.82) is 0 Å². The molecular weight excluding hydrogens is 270 g/mol. The van der Waals surface area contributed by atoms with Crippen molar-refractivity contribution < 1.29 is 4.74 Å². The van der Waals surface area contributed by atoms with E-state index in [0.717, 1.165) is 18.8 Å². The molecule has 0 aromatic heterocycles. The van der Waals surface area contributed by atoms with Gasteiger partial charge in [-0.1, -0.05) is 0 Å². The van der Waals surface area contributed by atoms with Gasteiger partial charge in [-0.25, -0.2) is 0 Å². The minimum absolute atomic E-state index is 0.190. The monoisotopic (exact) mass is 295 g/mol. The standard InChI is InChI=1S/C15H25N3OS/c1-5-18(6-2)14-9-7-13(8-10-14)17-15(20)16-12(3)11-19-4/h7-10,12H,5-6,11H2,1-4H3,(H2,16,17,20). The molecule has 1 rings (SSSR count). The Morgan fingerprint density at radius 2 is 1.85 bits per heavy atom. The highest BCUT2D eigenvalue weighted by atomic mass is 32.1. The van der Waals surface area contributed by atoms with Crippen LogP contribution in [0.1, 0.15) is 20.8 Å². The van der Waals surface area contributed by atoms with Crippen molar-refractivity contribution in [3.63, 3.8) is 0 Å². The summed E-state index contributed by atoms with van der Waals surface area (Å²) >= 11 is 5.27. The van der Waals surface area contributed by atoms with Crippen molar-refractivity contribution in [2.24, 2.45) is 0 Å². The van der Waals surface area contributed by atoms with E-state index in [1.54, 1.807) is 7.11 Å². The molecule has 0 aliphatic rings. The summed E-state index contributed by atoms with van der Waals surface area (Å²) in [5, 5.41) is 6.97. The van der Waals surface area contributed by atoms with Crippen LogP contribution in [-0.2, 0) is 4.74 Å². The second-order valence-electron chi connectivity index (χ2n) is 4.67. The van der Waals surface area contributed by atoms with Gasteiger partial charge in [-0.15, -0.1) is 0 Å². The molecule has 0 radical (unpaired) electrons. The Hall–Kier alpha value is -1.33. The molecule has 4 nitrogen and oxygen atoms in total. The van der Waals surface area contributed by atoms with E-state index in [0.29, 0.717) is 11.7 Å². The van der Waals surface area contributed by atoms with Crippen LogP contribution in [0, 0.1) is 0 Å². The Morgan fingerprint density at radius 1 is 1.25 bits per heavy atom. The second-order valence-corrected chi connectivity index (χ2v) is 5.08. The number of anilines is 2. The van der Waals surface area contributed by atoms with E-state index < -0.39 is 0 Å². The molecule has 0 saturated carbocycles. The summed E-state index contributed by atoms with van der Waals surface area (Å²) in [6.45, 7) is 9.00. The predicted molar refractivity (Wildman–Crippen MR) is 90.7 cm³/mol. The van der Waals surface area contributed by atoms with E-state index in [1.807, 2.05) is 19.1 Å². The molecule has 1 atom stereocenters. The van der Waals surface area contributed by atoms with Gasteiger partial charge in [-0.2, -0.15) is 0 Å². The highest BCUT2D eigenvalue weighted by molar-refractivity contribution is 7.80. The molecule has 0 aliphatic carbocycles. The Bertz CT molecular complexity index is 404. The lowest BCUT2D eigenvalue weighted by molar-refractivity contribution is 0.179. The summed E-state index contributed by atoms with van der Waals surface area (Å²) in [4.78, 5) is 2.31. The van der Waals surface area contributed by atoms with Gasteiger partial charge in [0.15, 0.2) is 5.11 Å². The van der Waals surface area contributed by atoms with Crippen LogP contribution in [0.2, 0.25) is 0 Å². The molecule has 0 aliphatic heterocycles. The van der Waals surface area contributed by atoms with Gasteiger partial charge in [0.05, 0.1) is 6.61 Å². The van der Waals surface area contributed by atoms with Gasteiger partial charge in [-0.05, 0) is 57.3 Å². The summed E-state index contributed by atoms with van der Waals surface area (Å²) in [6.07, 6.45) is 0. The first kappa shape index (κ1) is 16.7. The van der Waals surface area contributed by atoms with E-state index in [1.165, 1.54) is 5.69 Å². The van der Waals surface area contributed by atoms with Gasteiger partial charge in [0.2, 0.25) is 0 Å². The Labute approximate surface area is 127 Å². The molecule has 20 heavy (non-hydrogen) atoms. The normalized spacial score (nSPS) is 11.8. The fraction of sp³-hybridized carbons (Fsp3) is 0.533. The van der Waals surface area contributed by atoms with Gasteiger partial charge in [0.1, 0.15) is 0 Å². The van der Waals surface area contributed by atoms with Crippen LogP contribution < -0.4 is 15.5 Å². The van der Waals surface area contributed by atoms with E-state index in [9.17, 15) is 0 Å². The van der Waals surface area contributed by atoms with Crippen molar-refractivity contribution in [3.8, 4) is 0 Å². The van der Waals surface area contributed by atoms with Crippen LogP contribution in [0.3, 0.4) is 0 Å². The summed E-state index contributed by atoms with van der Waals surface area (Å²) in [5.74, 6) is 0. The summed E-state index contributed by atoms with van der Waals surface area (Å²) in [7, 11) is 1.68. The molecule has 1 aromatic carbocycles. The Kier molecular flexibility index (Phi) is 7.33. The number of benzene rings is 1. The van der Waals surface area contributed by atoms with Crippen LogP contribution in [0.15, 0.2) is 24.3 Å². The zero-order valence-corrected chi connectivity index (χ0v) is 13.6. The predicted octanol–water partition coefficient (Wildman–Crippen LogP) is 2.85. The maximum atomic E-state index is 5.27. The molecule has 0 fully saturated rings. The molecule has 0 amide bonds. The van der Waals surface area contributed by atoms with E-state index in [-0.39, 0.29) is 6.04 Å². The number of nitrogens with zero attached hydrogens (tertiary/aromatic N) is 1. The zero-order valence-electron chi connectivity index (χ0n) is 12.8. The van der Waals surface area contributed by atoms with Gasteiger partial charge in [0.25, 0.3) is 0 Å². The molecule has 0 heterocycles. The van der Waals surface area contributed by atoms with Gasteiger partial charge < -0.3 is 20.3 Å². The average Bonchev–Trinajstić information content (AvgIpc) is 2.42. The molecule has 1 unspecified atom stereocenters. The summed E-state index contributed by atoms with van der Waals surface area (Å²) < 4.78 is 5.07. The molecule has 0 spiro atoms. The van der Waals surface area contributed by atoms with Crippen molar-refractivity contribution in [3.05, 3.63) is 24.3 Å². The maximum absolute atomic E-state index is 5.27. The first-order valence-electron chi connectivity index (χ1n) is 7.02. The van der Waals surface area contributed by atoms with Crippen LogP contribution >= 0.6 is 12.2 Å². The largest absolute Gasteiger partial charge is 0.383 e. The Morgan fingerprint density at radius 3 is 2.35 bits per heavy atom. The topological polar surface area (TPSA) is 36.5 Å². The molecule has 112 valence electrons. The fourth-order valence-electron chi connectivity index (χ4n) is 2.03. The molecule has 0 bridgehead atoms. The minimum atomic E-state index is 0.190. The van der Waals surface area contributed by atoms with Gasteiger partial charge >= 0.3 is 0 Å². The zero-order chi connectivity index (χ0) is 15.0. The lowest BCUT2D eigenvalue weighted by Crippen LogP contribution is -2.38. The number of ether oxygens (including phenoxy) is 1. The third kappa shape index (κ3) is 5.35. The highest BCUT2D eigenvalue weighted by Crippen LogP contribution is 2.17. The van der Waals surface area contributed by atoms with E-state index >= 15 is 0 Å². The second kappa shape index (κ2) is 8.76. The van der Waals surface area contributed by atoms with E-state index in [4.69, 9.17) is 17.0 Å². The summed E-state index contributed by atoms with van der Waals surface area (Å²) in [6, 6.07) is 8.49. The van der Waals surface area contributed by atoms with Crippen LogP contribution in [0.5, 0.6) is 0 Å². The maximum Gasteiger partial charge on any atom is 0.171 e. The fourth-order valence-corrected chi connectivity index (χ4v) is 2.35. The van der Waals surface area contributed by atoms with E-state index in [2.05, 4.69) is 41.5 Å². The number of methoxy groups -OCH3 is 1. The molecule has 2 N–H and O–H groups in total. The quantitative estimate of drug-likeness (QED) is 0.757. The smallest absolute Gasteiger partial charge is 0.171 e. The number of thiocarbonyl (C=S) groups is 1. The van der Waals surface area contributed by atoms with Gasteiger partial charge in [0, 0.05) is 37.6 Å². The average molecular weight is 295 g/mol. The van der Waals surface area contributed by atoms with Crippen molar-refractivity contribution in [1.82, 2.24) is 5.32 Å². The number of rotatable bonds is 7. The SMILES string of the molecule is CCN(CC)c1ccc(NC(=S)NC(C)COC)cc1. The van der Waals surface area contributed by atoms with Crippen molar-refractivity contribution in [2.45, 2.75) is 26.8 Å². The molecule has 5 heteroatoms. The third-order valence-electron chi connectivity index (χ3n) is 3.05. The summed E-state index contributed by atoms with van der Waals surface area (Å²) in [5.41, 5.74) is 2.22. The number of nitrogens with one attached hydrogen (secondary N) is 2. The van der Waals surface area contributed by atoms with Crippen LogP contribution in [0.4, 0.5) is 11.4 Å². The molecular formula is C15H25N3OS. The lowest BCUT2D eigenvalue weighted by Gasteiger charge is -2.21. The lowest BCUT2D eigenvalue weighted by atomic mass is 10.2. The highest BCUT2D eigenvalue weighted by Gasteiger charge is 2.05. The number of hydrogen-bond acceptors (Lipinski definition) is 3. The first-order chi connectivity index (χ1) is 9.60. The van der Waals surface area contributed by atoms with Crippen LogP contribution in [-0.4, -0.2) is 38.0 Å². The van der Waals surface area contributed by atoms with Crippen molar-refractivity contribution in [2.75, 3.05) is 37.0 Å². The molecule has 1 aromatic rings. The van der Waals surface area contributed by atoms with Crippen LogP contribution in [0.25, 0.3) is 0 Å². The minimum Gasteiger partial charge on any atom is -0.383 e. The molecule has 0 saturated heterocycles. The van der Waals surface area contributed by atoms with Crippen molar-refractivity contribution >= 4 is 28.7 Å². The van der Waals surface area contributed by atoms with Gasteiger partial charge in [-0.3, -0.25) is 0 Å².